The molecule has 0 aliphatic carbocycles. The Morgan fingerprint density at radius 1 is 1.15 bits per heavy atom. The lowest BCUT2D eigenvalue weighted by molar-refractivity contribution is -0.110. The number of fused-ring (bicyclic) bond motifs is 1. The molecule has 8 heteroatoms. The van der Waals surface area contributed by atoms with Crippen molar-refractivity contribution >= 4 is 39.0 Å². The molecular weight excluding hydrogens is 366 g/mol. The van der Waals surface area contributed by atoms with E-state index in [2.05, 4.69) is 10.0 Å². The number of carbonyl (C=O) groups is 1. The van der Waals surface area contributed by atoms with E-state index in [1.807, 2.05) is 37.2 Å². The monoisotopic (exact) mass is 387 g/mol. The smallest absolute Gasteiger partial charge is 0.256 e. The zero-order valence-corrected chi connectivity index (χ0v) is 16.3. The molecule has 0 atom stereocenters. The van der Waals surface area contributed by atoms with E-state index in [9.17, 15) is 13.2 Å². The van der Waals surface area contributed by atoms with Crippen LogP contribution in [0.15, 0.2) is 41.3 Å². The Morgan fingerprint density at radius 3 is 2.52 bits per heavy atom. The minimum atomic E-state index is -3.61. The molecule has 0 radical (unpaired) electrons. The van der Waals surface area contributed by atoms with E-state index in [0.717, 1.165) is 11.3 Å². The average Bonchev–Trinajstić information content (AvgIpc) is 2.96. The lowest BCUT2D eigenvalue weighted by Crippen LogP contribution is -2.18. The van der Waals surface area contributed by atoms with Gasteiger partial charge in [-0.25, -0.2) is 13.1 Å². The zero-order chi connectivity index (χ0) is 19.8. The van der Waals surface area contributed by atoms with Crippen molar-refractivity contribution in [2.45, 2.75) is 4.90 Å². The Morgan fingerprint density at radius 2 is 1.89 bits per heavy atom. The fourth-order valence-electron chi connectivity index (χ4n) is 2.85. The quantitative estimate of drug-likeness (QED) is 0.768. The maximum absolute atomic E-state index is 12.4. The molecule has 1 aliphatic rings. The molecule has 3 rings (SSSR count). The van der Waals surface area contributed by atoms with Gasteiger partial charge in [-0.1, -0.05) is 0 Å². The van der Waals surface area contributed by atoms with Crippen molar-refractivity contribution in [1.29, 1.82) is 0 Å². The van der Waals surface area contributed by atoms with E-state index >= 15 is 0 Å². The van der Waals surface area contributed by atoms with E-state index in [-0.39, 0.29) is 10.8 Å². The van der Waals surface area contributed by atoms with Crippen LogP contribution >= 0.6 is 0 Å². The van der Waals surface area contributed by atoms with Gasteiger partial charge in [-0.05, 0) is 43.5 Å². The fraction of sp³-hybridized carbons (Fsp3) is 0.211. The molecule has 0 fully saturated rings. The first-order valence-electron chi connectivity index (χ1n) is 8.23. The minimum Gasteiger partial charge on any atom is -0.496 e. The van der Waals surface area contributed by atoms with Gasteiger partial charge in [0.15, 0.2) is 0 Å². The van der Waals surface area contributed by atoms with Crippen LogP contribution in [0.1, 0.15) is 11.1 Å². The molecule has 27 heavy (non-hydrogen) atoms. The maximum Gasteiger partial charge on any atom is 0.256 e. The summed E-state index contributed by atoms with van der Waals surface area (Å²) in [6.07, 6.45) is 1.70. The highest BCUT2D eigenvalue weighted by molar-refractivity contribution is 7.89. The number of hydrogen-bond acceptors (Lipinski definition) is 5. The minimum absolute atomic E-state index is 0.0982. The predicted molar refractivity (Wildman–Crippen MR) is 107 cm³/mol. The number of nitrogens with one attached hydrogen (secondary N) is 2. The first-order valence-corrected chi connectivity index (χ1v) is 9.71. The second-order valence-electron chi connectivity index (χ2n) is 6.25. The van der Waals surface area contributed by atoms with Gasteiger partial charge >= 0.3 is 0 Å². The third kappa shape index (κ3) is 3.54. The van der Waals surface area contributed by atoms with Crippen LogP contribution in [0.3, 0.4) is 0 Å². The zero-order valence-electron chi connectivity index (χ0n) is 15.5. The molecule has 2 N–H and O–H groups in total. The summed E-state index contributed by atoms with van der Waals surface area (Å²) in [6.45, 7) is 0. The average molecular weight is 387 g/mol. The molecule has 1 aliphatic heterocycles. The highest BCUT2D eigenvalue weighted by atomic mass is 32.2. The van der Waals surface area contributed by atoms with Gasteiger partial charge in [-0.15, -0.1) is 0 Å². The predicted octanol–water partition coefficient (Wildman–Crippen LogP) is 2.16. The molecule has 1 amide bonds. The number of nitrogens with zero attached hydrogens (tertiary/aromatic N) is 1. The Labute approximate surface area is 158 Å². The van der Waals surface area contributed by atoms with Crippen LogP contribution in [0.5, 0.6) is 5.75 Å². The standard InChI is InChI=1S/C19H21N3O4S/c1-20-27(24,25)14-7-8-17-15(11-14)16(19(23)21-17)9-12-5-6-13(22(2)3)10-18(12)26-4/h5-11,20H,1-4H3,(H,21,23). The molecule has 0 saturated heterocycles. The SMILES string of the molecule is CNS(=O)(=O)c1ccc2c(c1)C(=Cc1ccc(N(C)C)cc1OC)C(=O)N2. The van der Waals surface area contributed by atoms with Gasteiger partial charge < -0.3 is 15.0 Å². The molecule has 0 spiro atoms. The first-order chi connectivity index (χ1) is 12.8. The van der Waals surface area contributed by atoms with E-state index in [4.69, 9.17) is 4.74 Å². The van der Waals surface area contributed by atoms with Crippen molar-refractivity contribution < 1.29 is 17.9 Å². The number of sulfonamides is 1. The molecule has 7 nitrogen and oxygen atoms in total. The van der Waals surface area contributed by atoms with Gasteiger partial charge in [0.2, 0.25) is 10.0 Å². The number of carbonyl (C=O) groups excluding carboxylic acids is 1. The lowest BCUT2D eigenvalue weighted by atomic mass is 10.0. The van der Waals surface area contributed by atoms with Crippen LogP contribution < -0.4 is 19.7 Å². The Bertz CT molecular complexity index is 1040. The summed E-state index contributed by atoms with van der Waals surface area (Å²) in [4.78, 5) is 14.5. The third-order valence-electron chi connectivity index (χ3n) is 4.39. The number of methoxy groups -OCH3 is 1. The van der Waals surface area contributed by atoms with Gasteiger partial charge in [0, 0.05) is 48.2 Å². The van der Waals surface area contributed by atoms with Crippen molar-refractivity contribution in [2.75, 3.05) is 38.5 Å². The molecule has 2 aromatic rings. The first kappa shape index (κ1) is 18.9. The number of amides is 1. The van der Waals surface area contributed by atoms with Gasteiger partial charge in [0.05, 0.1) is 12.0 Å². The second-order valence-corrected chi connectivity index (χ2v) is 8.13. The van der Waals surface area contributed by atoms with E-state index in [1.165, 1.54) is 19.2 Å². The van der Waals surface area contributed by atoms with E-state index in [1.54, 1.807) is 19.3 Å². The Hall–Kier alpha value is -2.84. The fourth-order valence-corrected chi connectivity index (χ4v) is 3.60. The lowest BCUT2D eigenvalue weighted by Gasteiger charge is -2.15. The summed E-state index contributed by atoms with van der Waals surface area (Å²) in [5, 5.41) is 2.76. The number of hydrogen-bond donors (Lipinski definition) is 2. The van der Waals surface area contributed by atoms with E-state index in [0.29, 0.717) is 22.6 Å². The summed E-state index contributed by atoms with van der Waals surface area (Å²) in [7, 11) is 3.16. The van der Waals surface area contributed by atoms with Crippen LogP contribution in [-0.4, -0.2) is 42.6 Å². The van der Waals surface area contributed by atoms with Crippen LogP contribution in [0.25, 0.3) is 11.6 Å². The van der Waals surface area contributed by atoms with Crippen LogP contribution in [-0.2, 0) is 14.8 Å². The normalized spacial score (nSPS) is 14.8. The Balaban J connectivity index is 2.12. The van der Waals surface area contributed by atoms with Gasteiger partial charge in [0.25, 0.3) is 5.91 Å². The highest BCUT2D eigenvalue weighted by Crippen LogP contribution is 2.36. The van der Waals surface area contributed by atoms with Gasteiger partial charge in [0.1, 0.15) is 5.75 Å². The molecule has 0 bridgehead atoms. The summed E-state index contributed by atoms with van der Waals surface area (Å²) >= 11 is 0. The Kier molecular flexibility index (Phi) is 4.95. The summed E-state index contributed by atoms with van der Waals surface area (Å²) < 4.78 is 31.9. The van der Waals surface area contributed by atoms with Crippen LogP contribution in [0, 0.1) is 0 Å². The van der Waals surface area contributed by atoms with Crippen molar-refractivity contribution in [3.63, 3.8) is 0 Å². The van der Waals surface area contributed by atoms with Crippen LogP contribution in [0.2, 0.25) is 0 Å². The highest BCUT2D eigenvalue weighted by Gasteiger charge is 2.26. The van der Waals surface area contributed by atoms with Gasteiger partial charge in [-0.2, -0.15) is 0 Å². The third-order valence-corrected chi connectivity index (χ3v) is 5.80. The topological polar surface area (TPSA) is 87.7 Å². The largest absolute Gasteiger partial charge is 0.496 e. The van der Waals surface area contributed by atoms with Crippen molar-refractivity contribution in [2.24, 2.45) is 0 Å². The second kappa shape index (κ2) is 7.05. The maximum atomic E-state index is 12.4. The summed E-state index contributed by atoms with van der Waals surface area (Å²) in [5.74, 6) is 0.330. The van der Waals surface area contributed by atoms with E-state index < -0.39 is 10.0 Å². The number of ether oxygens (including phenoxy) is 1. The van der Waals surface area contributed by atoms with Crippen LogP contribution in [0.4, 0.5) is 11.4 Å². The molecule has 0 aromatic heterocycles. The van der Waals surface area contributed by atoms with Crippen molar-refractivity contribution in [3.8, 4) is 5.75 Å². The summed E-state index contributed by atoms with van der Waals surface area (Å²) in [5.41, 5.74) is 3.19. The number of rotatable bonds is 5. The number of anilines is 2. The molecule has 0 saturated carbocycles. The molecule has 1 heterocycles. The summed E-state index contributed by atoms with van der Waals surface area (Å²) in [6, 6.07) is 10.2. The van der Waals surface area contributed by atoms with Crippen molar-refractivity contribution in [3.05, 3.63) is 47.5 Å². The molecular formula is C19H21N3O4S. The molecule has 2 aromatic carbocycles. The van der Waals surface area contributed by atoms with Gasteiger partial charge in [-0.3, -0.25) is 4.79 Å². The molecule has 0 unspecified atom stereocenters. The number of benzene rings is 2. The molecule has 142 valence electrons. The van der Waals surface area contributed by atoms with Crippen molar-refractivity contribution in [1.82, 2.24) is 4.72 Å².